The van der Waals surface area contributed by atoms with Crippen LogP contribution in [0.25, 0.3) is 0 Å². The van der Waals surface area contributed by atoms with Gasteiger partial charge in [0.05, 0.1) is 18.0 Å². The lowest BCUT2D eigenvalue weighted by Crippen LogP contribution is -2.44. The van der Waals surface area contributed by atoms with E-state index >= 15 is 0 Å². The molecule has 2 N–H and O–H groups in total. The summed E-state index contributed by atoms with van der Waals surface area (Å²) in [6, 6.07) is 11.3. The first-order valence-electron chi connectivity index (χ1n) is 10.4. The van der Waals surface area contributed by atoms with Gasteiger partial charge < -0.3 is 24.9 Å². The summed E-state index contributed by atoms with van der Waals surface area (Å²) in [6.07, 6.45) is -0.552. The standard InChI is InChI=1S/C24H32N2O5S/c1-23(2,3)30-21(28)25-19(16-11-8-7-9-12-16)17(15-27)20(18-13-10-14-32-18)26-22(29)31-24(4,5)6/h7-15,17,19-20H,1-6H3,(H,25,28)(H,26,29)/t17?,19-,20-/m1/s1. The Morgan fingerprint density at radius 2 is 1.38 bits per heavy atom. The number of alkyl carbamates (subject to hydrolysis) is 2. The van der Waals surface area contributed by atoms with E-state index in [2.05, 4.69) is 10.6 Å². The number of ether oxygens (including phenoxy) is 2. The molecule has 1 aromatic carbocycles. The first-order chi connectivity index (χ1) is 14.9. The van der Waals surface area contributed by atoms with Crippen molar-refractivity contribution < 1.29 is 23.9 Å². The summed E-state index contributed by atoms with van der Waals surface area (Å²) in [6.45, 7) is 10.6. The van der Waals surface area contributed by atoms with Crippen LogP contribution in [-0.4, -0.2) is 29.7 Å². The van der Waals surface area contributed by atoms with Crippen molar-refractivity contribution in [3.05, 3.63) is 58.3 Å². The van der Waals surface area contributed by atoms with Crippen LogP contribution in [0.15, 0.2) is 47.8 Å². The number of amides is 2. The van der Waals surface area contributed by atoms with Gasteiger partial charge in [0.1, 0.15) is 17.5 Å². The Morgan fingerprint density at radius 3 is 1.81 bits per heavy atom. The lowest BCUT2D eigenvalue weighted by molar-refractivity contribution is -0.112. The highest BCUT2D eigenvalue weighted by Gasteiger charge is 2.36. The molecule has 0 radical (unpaired) electrons. The third kappa shape index (κ3) is 8.00. The highest BCUT2D eigenvalue weighted by Crippen LogP contribution is 2.34. The van der Waals surface area contributed by atoms with Gasteiger partial charge >= 0.3 is 12.2 Å². The van der Waals surface area contributed by atoms with E-state index < -0.39 is 41.4 Å². The monoisotopic (exact) mass is 460 g/mol. The minimum atomic E-state index is -0.823. The fraction of sp³-hybridized carbons (Fsp3) is 0.458. The summed E-state index contributed by atoms with van der Waals surface area (Å²) >= 11 is 1.40. The average molecular weight is 461 g/mol. The van der Waals surface area contributed by atoms with Crippen molar-refractivity contribution in [2.75, 3.05) is 0 Å². The number of thiophene rings is 1. The van der Waals surface area contributed by atoms with Crippen LogP contribution in [0, 0.1) is 5.92 Å². The third-order valence-electron chi connectivity index (χ3n) is 4.28. The fourth-order valence-electron chi connectivity index (χ4n) is 3.11. The molecule has 0 aliphatic rings. The van der Waals surface area contributed by atoms with E-state index in [1.165, 1.54) is 11.3 Å². The van der Waals surface area contributed by atoms with E-state index in [9.17, 15) is 14.4 Å². The second-order valence-electron chi connectivity index (χ2n) is 9.39. The zero-order valence-corrected chi connectivity index (χ0v) is 20.2. The first-order valence-corrected chi connectivity index (χ1v) is 11.3. The van der Waals surface area contributed by atoms with Crippen molar-refractivity contribution in [2.24, 2.45) is 5.92 Å². The van der Waals surface area contributed by atoms with Gasteiger partial charge in [-0.15, -0.1) is 11.3 Å². The molecular weight excluding hydrogens is 428 g/mol. The van der Waals surface area contributed by atoms with E-state index in [-0.39, 0.29) is 0 Å². The van der Waals surface area contributed by atoms with Gasteiger partial charge in [0, 0.05) is 4.88 Å². The Bertz CT molecular complexity index is 885. The van der Waals surface area contributed by atoms with Crippen LogP contribution >= 0.6 is 11.3 Å². The Balaban J connectivity index is 2.42. The lowest BCUT2D eigenvalue weighted by Gasteiger charge is -2.32. The molecule has 174 valence electrons. The molecule has 0 aliphatic heterocycles. The number of hydrogen-bond acceptors (Lipinski definition) is 6. The molecular formula is C24H32N2O5S. The van der Waals surface area contributed by atoms with Gasteiger partial charge in [-0.2, -0.15) is 0 Å². The molecule has 0 bridgehead atoms. The number of aldehydes is 1. The van der Waals surface area contributed by atoms with Crippen molar-refractivity contribution >= 4 is 29.8 Å². The quantitative estimate of drug-likeness (QED) is 0.540. The smallest absolute Gasteiger partial charge is 0.408 e. The van der Waals surface area contributed by atoms with Crippen LogP contribution in [0.5, 0.6) is 0 Å². The Kier molecular flexibility index (Phi) is 8.44. The van der Waals surface area contributed by atoms with Gasteiger partial charge in [-0.1, -0.05) is 36.4 Å². The number of hydrogen-bond donors (Lipinski definition) is 2. The topological polar surface area (TPSA) is 93.7 Å². The van der Waals surface area contributed by atoms with E-state index in [1.54, 1.807) is 41.5 Å². The Labute approximate surface area is 193 Å². The maximum Gasteiger partial charge on any atom is 0.408 e. The highest BCUT2D eigenvalue weighted by atomic mass is 32.1. The predicted molar refractivity (Wildman–Crippen MR) is 125 cm³/mol. The minimum absolute atomic E-state index is 0.646. The van der Waals surface area contributed by atoms with Crippen LogP contribution in [0.3, 0.4) is 0 Å². The first kappa shape index (κ1) is 25.4. The zero-order valence-electron chi connectivity index (χ0n) is 19.4. The largest absolute Gasteiger partial charge is 0.444 e. The summed E-state index contributed by atoms with van der Waals surface area (Å²) < 4.78 is 10.8. The number of benzene rings is 1. The molecule has 32 heavy (non-hydrogen) atoms. The fourth-order valence-corrected chi connectivity index (χ4v) is 3.94. The normalized spacial score (nSPS) is 14.6. The van der Waals surface area contributed by atoms with Crippen LogP contribution in [0.2, 0.25) is 0 Å². The third-order valence-corrected chi connectivity index (χ3v) is 5.24. The van der Waals surface area contributed by atoms with Gasteiger partial charge in [0.2, 0.25) is 0 Å². The van der Waals surface area contributed by atoms with Crippen LogP contribution in [-0.2, 0) is 14.3 Å². The Morgan fingerprint density at radius 1 is 0.844 bits per heavy atom. The maximum absolute atomic E-state index is 12.6. The van der Waals surface area contributed by atoms with E-state index in [1.807, 2.05) is 47.8 Å². The molecule has 8 heteroatoms. The van der Waals surface area contributed by atoms with E-state index in [0.29, 0.717) is 5.56 Å². The molecule has 0 fully saturated rings. The van der Waals surface area contributed by atoms with Gasteiger partial charge in [0.15, 0.2) is 0 Å². The lowest BCUT2D eigenvalue weighted by atomic mass is 9.87. The molecule has 0 aliphatic carbocycles. The zero-order chi connectivity index (χ0) is 23.9. The van der Waals surface area contributed by atoms with Crippen molar-refractivity contribution in [2.45, 2.75) is 64.8 Å². The summed E-state index contributed by atoms with van der Waals surface area (Å²) in [4.78, 5) is 38.4. The summed E-state index contributed by atoms with van der Waals surface area (Å²) in [5.41, 5.74) is -0.693. The summed E-state index contributed by atoms with van der Waals surface area (Å²) in [7, 11) is 0. The molecule has 0 saturated heterocycles. The molecule has 2 amide bonds. The van der Waals surface area contributed by atoms with E-state index in [0.717, 1.165) is 11.2 Å². The molecule has 0 spiro atoms. The number of carbonyl (C=O) groups is 3. The van der Waals surface area contributed by atoms with Crippen molar-refractivity contribution in [3.8, 4) is 0 Å². The summed E-state index contributed by atoms with van der Waals surface area (Å²) in [5.74, 6) is -0.823. The van der Waals surface area contributed by atoms with Crippen LogP contribution in [0.4, 0.5) is 9.59 Å². The van der Waals surface area contributed by atoms with Gasteiger partial charge in [0.25, 0.3) is 0 Å². The molecule has 1 unspecified atom stereocenters. The Hall–Kier alpha value is -2.87. The van der Waals surface area contributed by atoms with Gasteiger partial charge in [-0.3, -0.25) is 0 Å². The molecule has 0 saturated carbocycles. The molecule has 1 heterocycles. The van der Waals surface area contributed by atoms with Crippen molar-refractivity contribution in [1.29, 1.82) is 0 Å². The summed E-state index contributed by atoms with van der Waals surface area (Å²) in [5, 5.41) is 7.51. The molecule has 3 atom stereocenters. The second kappa shape index (κ2) is 10.6. The van der Waals surface area contributed by atoms with Crippen LogP contribution in [0.1, 0.15) is 64.1 Å². The van der Waals surface area contributed by atoms with Gasteiger partial charge in [-0.05, 0) is 58.6 Å². The number of nitrogens with one attached hydrogen (secondary N) is 2. The average Bonchev–Trinajstić information content (AvgIpc) is 3.19. The molecule has 2 rings (SSSR count). The second-order valence-corrected chi connectivity index (χ2v) is 10.4. The van der Waals surface area contributed by atoms with E-state index in [4.69, 9.17) is 9.47 Å². The maximum atomic E-state index is 12.6. The number of carbonyl (C=O) groups excluding carboxylic acids is 3. The SMILES string of the molecule is CC(C)(C)OC(=O)N[C@H](c1ccccc1)C(C=O)[C@@H](NC(=O)OC(C)(C)C)c1cccs1. The predicted octanol–water partition coefficient (Wildman–Crippen LogP) is 5.40. The van der Waals surface area contributed by atoms with Crippen LogP contribution < -0.4 is 10.6 Å². The molecule has 1 aromatic heterocycles. The highest BCUT2D eigenvalue weighted by molar-refractivity contribution is 7.10. The molecule has 2 aromatic rings. The minimum Gasteiger partial charge on any atom is -0.444 e. The van der Waals surface area contributed by atoms with Crippen molar-refractivity contribution in [1.82, 2.24) is 10.6 Å². The number of rotatable bonds is 7. The van der Waals surface area contributed by atoms with Gasteiger partial charge in [-0.25, -0.2) is 9.59 Å². The van der Waals surface area contributed by atoms with Crippen molar-refractivity contribution in [3.63, 3.8) is 0 Å². The molecule has 7 nitrogen and oxygen atoms in total.